The molecule has 0 aromatic heterocycles. The summed E-state index contributed by atoms with van der Waals surface area (Å²) in [5, 5.41) is 7.08. The van der Waals surface area contributed by atoms with Gasteiger partial charge in [-0.1, -0.05) is 0 Å². The zero-order valence-electron chi connectivity index (χ0n) is 11.6. The van der Waals surface area contributed by atoms with Crippen LogP contribution in [0.25, 0.3) is 0 Å². The number of sulfonamides is 1. The molecule has 0 saturated carbocycles. The number of carbonyl (C=O) groups excluding carboxylic acids is 4. The summed E-state index contributed by atoms with van der Waals surface area (Å²) in [6.07, 6.45) is 0.0322. The van der Waals surface area contributed by atoms with Crippen LogP contribution >= 0.6 is 0 Å². The number of amides is 4. The number of imide groups is 2. The monoisotopic (exact) mass is 337 g/mol. The van der Waals surface area contributed by atoms with E-state index in [1.807, 2.05) is 0 Å². The van der Waals surface area contributed by atoms with Crippen molar-refractivity contribution in [1.82, 2.24) is 10.2 Å². The topological polar surface area (TPSA) is 144 Å². The molecule has 1 atom stereocenters. The molecule has 0 spiro atoms. The fourth-order valence-electron chi connectivity index (χ4n) is 2.63. The van der Waals surface area contributed by atoms with Crippen molar-refractivity contribution in [3.8, 4) is 0 Å². The van der Waals surface area contributed by atoms with E-state index in [1.165, 1.54) is 6.07 Å². The van der Waals surface area contributed by atoms with E-state index in [0.29, 0.717) is 0 Å². The molecule has 0 bridgehead atoms. The third-order valence-corrected chi connectivity index (χ3v) is 4.65. The van der Waals surface area contributed by atoms with Gasteiger partial charge in [-0.25, -0.2) is 13.6 Å². The number of carbonyl (C=O) groups is 4. The van der Waals surface area contributed by atoms with Crippen LogP contribution in [0.5, 0.6) is 0 Å². The van der Waals surface area contributed by atoms with E-state index in [1.54, 1.807) is 0 Å². The Morgan fingerprint density at radius 1 is 1.09 bits per heavy atom. The van der Waals surface area contributed by atoms with Crippen molar-refractivity contribution in [2.45, 2.75) is 23.8 Å². The fourth-order valence-corrected chi connectivity index (χ4v) is 3.17. The Balaban J connectivity index is 2.01. The van der Waals surface area contributed by atoms with Gasteiger partial charge in [0, 0.05) is 6.42 Å². The lowest BCUT2D eigenvalue weighted by atomic mass is 10.0. The second-order valence-corrected chi connectivity index (χ2v) is 6.76. The summed E-state index contributed by atoms with van der Waals surface area (Å²) >= 11 is 0. The standard InChI is InChI=1S/C13H11N3O6S/c14-23(21,22)6-1-2-7-8(5-6)13(20)16(12(7)19)9-3-4-10(17)15-11(9)18/h1-2,5,9H,3-4H2,(H2,14,21,22)(H,15,17,18). The number of fused-ring (bicyclic) bond motifs is 1. The maximum atomic E-state index is 12.4. The molecule has 3 rings (SSSR count). The van der Waals surface area contributed by atoms with E-state index in [-0.39, 0.29) is 28.9 Å². The van der Waals surface area contributed by atoms with E-state index in [0.717, 1.165) is 17.0 Å². The van der Waals surface area contributed by atoms with Crippen molar-refractivity contribution in [2.75, 3.05) is 0 Å². The third-order valence-electron chi connectivity index (χ3n) is 3.74. The van der Waals surface area contributed by atoms with Gasteiger partial charge >= 0.3 is 0 Å². The summed E-state index contributed by atoms with van der Waals surface area (Å²) < 4.78 is 22.7. The number of nitrogens with zero attached hydrogens (tertiary/aromatic N) is 1. The molecule has 1 saturated heterocycles. The molecular formula is C13H11N3O6S. The summed E-state index contributed by atoms with van der Waals surface area (Å²) in [6, 6.07) is 2.21. The molecule has 1 fully saturated rings. The molecule has 10 heteroatoms. The van der Waals surface area contributed by atoms with Crippen molar-refractivity contribution in [3.05, 3.63) is 29.3 Å². The first-order valence-corrected chi connectivity index (χ1v) is 8.13. The number of hydrogen-bond donors (Lipinski definition) is 2. The number of benzene rings is 1. The number of nitrogens with two attached hydrogens (primary N) is 1. The van der Waals surface area contributed by atoms with E-state index < -0.39 is 39.7 Å². The van der Waals surface area contributed by atoms with Crippen LogP contribution in [-0.2, 0) is 19.6 Å². The highest BCUT2D eigenvalue weighted by atomic mass is 32.2. The lowest BCUT2D eigenvalue weighted by Gasteiger charge is -2.27. The van der Waals surface area contributed by atoms with Crippen LogP contribution in [0.3, 0.4) is 0 Å². The summed E-state index contributed by atoms with van der Waals surface area (Å²) in [5.74, 6) is -2.70. The van der Waals surface area contributed by atoms with Gasteiger partial charge in [-0.3, -0.25) is 29.4 Å². The zero-order valence-corrected chi connectivity index (χ0v) is 12.4. The summed E-state index contributed by atoms with van der Waals surface area (Å²) in [7, 11) is -4.03. The van der Waals surface area contributed by atoms with Crippen molar-refractivity contribution >= 4 is 33.7 Å². The highest BCUT2D eigenvalue weighted by molar-refractivity contribution is 7.89. The van der Waals surface area contributed by atoms with Gasteiger partial charge in [-0.15, -0.1) is 0 Å². The zero-order chi connectivity index (χ0) is 16.9. The van der Waals surface area contributed by atoms with Crippen LogP contribution in [0, 0.1) is 0 Å². The Kier molecular flexibility index (Phi) is 3.30. The molecule has 2 aliphatic rings. The Morgan fingerprint density at radius 2 is 1.74 bits per heavy atom. The normalized spacial score (nSPS) is 21.4. The first-order valence-electron chi connectivity index (χ1n) is 6.58. The van der Waals surface area contributed by atoms with E-state index in [9.17, 15) is 27.6 Å². The van der Waals surface area contributed by atoms with Crippen LogP contribution < -0.4 is 10.5 Å². The Morgan fingerprint density at radius 3 is 2.35 bits per heavy atom. The second-order valence-electron chi connectivity index (χ2n) is 5.20. The van der Waals surface area contributed by atoms with Crippen molar-refractivity contribution in [3.63, 3.8) is 0 Å². The van der Waals surface area contributed by atoms with Crippen LogP contribution in [0.15, 0.2) is 23.1 Å². The number of piperidine rings is 1. The lowest BCUT2D eigenvalue weighted by Crippen LogP contribution is -2.54. The SMILES string of the molecule is NS(=O)(=O)c1ccc2c(c1)C(=O)N(C1CCC(=O)NC1=O)C2=O. The van der Waals surface area contributed by atoms with Gasteiger partial charge in [0.1, 0.15) is 6.04 Å². The molecule has 2 aliphatic heterocycles. The third kappa shape index (κ3) is 2.41. The predicted molar refractivity (Wildman–Crippen MR) is 74.5 cm³/mol. The van der Waals surface area contributed by atoms with Crippen LogP contribution in [0.4, 0.5) is 0 Å². The molecule has 4 amide bonds. The molecule has 23 heavy (non-hydrogen) atoms. The highest BCUT2D eigenvalue weighted by Crippen LogP contribution is 2.28. The predicted octanol–water partition coefficient (Wildman–Crippen LogP) is -1.26. The maximum Gasteiger partial charge on any atom is 0.262 e. The second kappa shape index (κ2) is 4.96. The Labute approximate surface area is 130 Å². The minimum Gasteiger partial charge on any atom is -0.295 e. The Hall–Kier alpha value is -2.59. The molecule has 0 radical (unpaired) electrons. The quantitative estimate of drug-likeness (QED) is 0.644. The highest BCUT2D eigenvalue weighted by Gasteiger charge is 2.44. The van der Waals surface area contributed by atoms with Crippen LogP contribution in [-0.4, -0.2) is 43.0 Å². The number of rotatable bonds is 2. The number of primary sulfonamides is 1. The molecule has 3 N–H and O–H groups in total. The smallest absolute Gasteiger partial charge is 0.262 e. The van der Waals surface area contributed by atoms with Gasteiger partial charge in [-0.05, 0) is 24.6 Å². The summed E-state index contributed by atoms with van der Waals surface area (Å²) in [4.78, 5) is 48.3. The van der Waals surface area contributed by atoms with Crippen molar-refractivity contribution in [2.24, 2.45) is 5.14 Å². The first kappa shape index (κ1) is 15.3. The summed E-state index contributed by atoms with van der Waals surface area (Å²) in [5.41, 5.74) is -0.140. The first-order chi connectivity index (χ1) is 10.7. The summed E-state index contributed by atoms with van der Waals surface area (Å²) in [6.45, 7) is 0. The Bertz CT molecular complexity index is 876. The molecular weight excluding hydrogens is 326 g/mol. The molecule has 1 unspecified atom stereocenters. The van der Waals surface area contributed by atoms with Gasteiger partial charge < -0.3 is 0 Å². The van der Waals surface area contributed by atoms with Crippen molar-refractivity contribution in [1.29, 1.82) is 0 Å². The van der Waals surface area contributed by atoms with E-state index >= 15 is 0 Å². The minimum absolute atomic E-state index is 0.00619. The largest absolute Gasteiger partial charge is 0.295 e. The van der Waals surface area contributed by atoms with Crippen LogP contribution in [0.2, 0.25) is 0 Å². The van der Waals surface area contributed by atoms with Gasteiger partial charge in [0.15, 0.2) is 0 Å². The molecule has 9 nitrogen and oxygen atoms in total. The number of hydrogen-bond acceptors (Lipinski definition) is 6. The van der Waals surface area contributed by atoms with Crippen LogP contribution in [0.1, 0.15) is 33.6 Å². The average molecular weight is 337 g/mol. The minimum atomic E-state index is -4.03. The van der Waals surface area contributed by atoms with Gasteiger partial charge in [-0.2, -0.15) is 0 Å². The fraction of sp³-hybridized carbons (Fsp3) is 0.231. The molecule has 2 heterocycles. The maximum absolute atomic E-state index is 12.4. The average Bonchev–Trinajstić information content (AvgIpc) is 2.71. The molecule has 120 valence electrons. The van der Waals surface area contributed by atoms with E-state index in [4.69, 9.17) is 5.14 Å². The molecule has 0 aliphatic carbocycles. The molecule has 1 aromatic rings. The van der Waals surface area contributed by atoms with Gasteiger partial charge in [0.2, 0.25) is 21.8 Å². The molecule has 1 aromatic carbocycles. The van der Waals surface area contributed by atoms with E-state index in [2.05, 4.69) is 5.32 Å². The van der Waals surface area contributed by atoms with Crippen molar-refractivity contribution < 1.29 is 27.6 Å². The number of nitrogens with one attached hydrogen (secondary N) is 1. The van der Waals surface area contributed by atoms with Gasteiger partial charge in [0.05, 0.1) is 16.0 Å². The lowest BCUT2D eigenvalue weighted by molar-refractivity contribution is -0.136. The van der Waals surface area contributed by atoms with Gasteiger partial charge in [0.25, 0.3) is 11.8 Å².